The summed E-state index contributed by atoms with van der Waals surface area (Å²) in [4.78, 5) is 0. The summed E-state index contributed by atoms with van der Waals surface area (Å²) in [6, 6.07) is 10.2. The molecule has 0 aliphatic rings. The third kappa shape index (κ3) is 3.15. The number of nitrogens with two attached hydrogens (primary N) is 1. The second-order valence-corrected chi connectivity index (χ2v) is 4.75. The van der Waals surface area contributed by atoms with E-state index in [0.29, 0.717) is 16.9 Å². The van der Waals surface area contributed by atoms with Crippen LogP contribution in [0.25, 0.3) is 0 Å². The van der Waals surface area contributed by atoms with E-state index in [9.17, 15) is 4.39 Å². The van der Waals surface area contributed by atoms with Gasteiger partial charge in [-0.15, -0.1) is 0 Å². The number of benzene rings is 2. The molecule has 0 radical (unpaired) electrons. The quantitative estimate of drug-likeness (QED) is 0.662. The number of hydrogen-bond donors (Lipinski definition) is 2. The molecule has 0 aliphatic heterocycles. The zero-order valence-corrected chi connectivity index (χ0v) is 11.5. The van der Waals surface area contributed by atoms with Crippen LogP contribution in [0.3, 0.4) is 0 Å². The van der Waals surface area contributed by atoms with E-state index >= 15 is 0 Å². The lowest BCUT2D eigenvalue weighted by molar-refractivity contribution is 0.299. The van der Waals surface area contributed by atoms with Crippen molar-refractivity contribution in [1.29, 1.82) is 5.41 Å². The van der Waals surface area contributed by atoms with Crippen LogP contribution >= 0.6 is 0 Å². The molecule has 0 bridgehead atoms. The molecule has 0 fully saturated rings. The Morgan fingerprint density at radius 1 is 1.15 bits per heavy atom. The molecule has 0 saturated carbocycles. The monoisotopic (exact) mass is 272 g/mol. The first-order valence-electron chi connectivity index (χ1n) is 6.30. The Bertz CT molecular complexity index is 653. The van der Waals surface area contributed by atoms with Gasteiger partial charge in [0.15, 0.2) is 0 Å². The van der Waals surface area contributed by atoms with Crippen molar-refractivity contribution in [3.63, 3.8) is 0 Å². The molecule has 2 aromatic rings. The Morgan fingerprint density at radius 2 is 1.90 bits per heavy atom. The molecule has 0 heterocycles. The van der Waals surface area contributed by atoms with Gasteiger partial charge >= 0.3 is 0 Å². The van der Waals surface area contributed by atoms with Gasteiger partial charge in [0.1, 0.15) is 24.0 Å². The fourth-order valence-corrected chi connectivity index (χ4v) is 1.80. The normalized spacial score (nSPS) is 10.3. The van der Waals surface area contributed by atoms with Crippen molar-refractivity contribution in [1.82, 2.24) is 0 Å². The van der Waals surface area contributed by atoms with Gasteiger partial charge in [0.2, 0.25) is 0 Å². The van der Waals surface area contributed by atoms with Crippen molar-refractivity contribution in [2.45, 2.75) is 20.5 Å². The summed E-state index contributed by atoms with van der Waals surface area (Å²) < 4.78 is 19.4. The molecule has 4 heteroatoms. The minimum Gasteiger partial charge on any atom is -0.489 e. The number of ether oxygens (including phenoxy) is 1. The Labute approximate surface area is 117 Å². The van der Waals surface area contributed by atoms with Crippen LogP contribution in [0.5, 0.6) is 5.75 Å². The summed E-state index contributed by atoms with van der Waals surface area (Å²) in [5.74, 6) is 0.148. The fourth-order valence-electron chi connectivity index (χ4n) is 1.80. The Morgan fingerprint density at radius 3 is 2.50 bits per heavy atom. The minimum absolute atomic E-state index is 0.145. The highest BCUT2D eigenvalue weighted by Crippen LogP contribution is 2.19. The van der Waals surface area contributed by atoms with Crippen molar-refractivity contribution in [2.24, 2.45) is 5.73 Å². The van der Waals surface area contributed by atoms with Gasteiger partial charge in [0.25, 0.3) is 0 Å². The second kappa shape index (κ2) is 5.74. The molecule has 0 saturated heterocycles. The van der Waals surface area contributed by atoms with Crippen LogP contribution in [0.4, 0.5) is 4.39 Å². The van der Waals surface area contributed by atoms with Gasteiger partial charge < -0.3 is 10.5 Å². The molecule has 104 valence electrons. The summed E-state index contributed by atoms with van der Waals surface area (Å²) in [5, 5.41) is 7.26. The zero-order chi connectivity index (χ0) is 14.7. The number of rotatable bonds is 4. The van der Waals surface area contributed by atoms with Gasteiger partial charge in [-0.1, -0.05) is 18.2 Å². The molecule has 0 atom stereocenters. The highest BCUT2D eigenvalue weighted by Gasteiger charge is 2.06. The third-order valence-electron chi connectivity index (χ3n) is 3.24. The third-order valence-corrected chi connectivity index (χ3v) is 3.24. The molecule has 0 unspecified atom stereocenters. The molecule has 2 rings (SSSR count). The SMILES string of the molecule is Cc1ccc(OCc2ccc(C(=N)N)cc2F)cc1C. The van der Waals surface area contributed by atoms with Crippen LogP contribution < -0.4 is 10.5 Å². The van der Waals surface area contributed by atoms with Crippen molar-refractivity contribution in [3.8, 4) is 5.75 Å². The van der Waals surface area contributed by atoms with Gasteiger partial charge in [-0.2, -0.15) is 0 Å². The first-order valence-corrected chi connectivity index (χ1v) is 6.30. The van der Waals surface area contributed by atoms with Crippen LogP contribution in [0.1, 0.15) is 22.3 Å². The largest absolute Gasteiger partial charge is 0.489 e. The lowest BCUT2D eigenvalue weighted by Crippen LogP contribution is -2.12. The van der Waals surface area contributed by atoms with E-state index in [1.54, 1.807) is 12.1 Å². The Kier molecular flexibility index (Phi) is 4.03. The average molecular weight is 272 g/mol. The predicted molar refractivity (Wildman–Crippen MR) is 77.7 cm³/mol. The summed E-state index contributed by atoms with van der Waals surface area (Å²) in [6.45, 7) is 4.18. The zero-order valence-electron chi connectivity index (χ0n) is 11.5. The average Bonchev–Trinajstić information content (AvgIpc) is 2.41. The fraction of sp³-hybridized carbons (Fsp3) is 0.188. The predicted octanol–water partition coefficient (Wildman–Crippen LogP) is 3.31. The standard InChI is InChI=1S/C16H17FN2O/c1-10-3-6-14(7-11(10)2)20-9-13-5-4-12(16(18)19)8-15(13)17/h3-8H,9H2,1-2H3,(H3,18,19). The summed E-state index contributed by atoms with van der Waals surface area (Å²) in [6.07, 6.45) is 0. The van der Waals surface area contributed by atoms with E-state index in [1.165, 1.54) is 11.6 Å². The maximum absolute atomic E-state index is 13.8. The first kappa shape index (κ1) is 14.1. The summed E-state index contributed by atoms with van der Waals surface area (Å²) in [5.41, 5.74) is 8.45. The van der Waals surface area contributed by atoms with Crippen LogP contribution in [-0.2, 0) is 6.61 Å². The molecule has 2 aromatic carbocycles. The molecule has 0 aliphatic carbocycles. The Hall–Kier alpha value is -2.36. The lowest BCUT2D eigenvalue weighted by Gasteiger charge is -2.10. The molecular formula is C16H17FN2O. The van der Waals surface area contributed by atoms with E-state index in [1.807, 2.05) is 32.0 Å². The number of amidine groups is 1. The first-order chi connectivity index (χ1) is 9.47. The molecule has 0 amide bonds. The lowest BCUT2D eigenvalue weighted by atomic mass is 10.1. The van der Waals surface area contributed by atoms with Crippen LogP contribution in [0.15, 0.2) is 36.4 Å². The molecule has 20 heavy (non-hydrogen) atoms. The smallest absolute Gasteiger partial charge is 0.130 e. The van der Waals surface area contributed by atoms with Crippen LogP contribution in [0.2, 0.25) is 0 Å². The van der Waals surface area contributed by atoms with Crippen LogP contribution in [0, 0.1) is 25.1 Å². The van der Waals surface area contributed by atoms with E-state index in [-0.39, 0.29) is 12.4 Å². The Balaban J connectivity index is 2.10. The van der Waals surface area contributed by atoms with Crippen molar-refractivity contribution < 1.29 is 9.13 Å². The molecule has 0 aromatic heterocycles. The van der Waals surface area contributed by atoms with E-state index in [2.05, 4.69) is 0 Å². The number of aryl methyl sites for hydroxylation is 2. The van der Waals surface area contributed by atoms with Crippen molar-refractivity contribution in [3.05, 3.63) is 64.5 Å². The molecule has 3 N–H and O–H groups in total. The maximum atomic E-state index is 13.8. The van der Waals surface area contributed by atoms with Crippen LogP contribution in [-0.4, -0.2) is 5.84 Å². The highest BCUT2D eigenvalue weighted by molar-refractivity contribution is 5.94. The molecule has 3 nitrogen and oxygen atoms in total. The summed E-state index contributed by atoms with van der Waals surface area (Å²) >= 11 is 0. The van der Waals surface area contributed by atoms with Gasteiger partial charge in [-0.05, 0) is 43.2 Å². The second-order valence-electron chi connectivity index (χ2n) is 4.75. The van der Waals surface area contributed by atoms with Gasteiger partial charge in [0, 0.05) is 11.1 Å². The number of halogens is 1. The van der Waals surface area contributed by atoms with E-state index in [4.69, 9.17) is 15.9 Å². The van der Waals surface area contributed by atoms with E-state index < -0.39 is 5.82 Å². The minimum atomic E-state index is -0.415. The van der Waals surface area contributed by atoms with Gasteiger partial charge in [-0.25, -0.2) is 4.39 Å². The topological polar surface area (TPSA) is 59.1 Å². The number of nitrogens with one attached hydrogen (secondary N) is 1. The number of nitrogen functional groups attached to an aromatic ring is 1. The highest BCUT2D eigenvalue weighted by atomic mass is 19.1. The van der Waals surface area contributed by atoms with Gasteiger partial charge in [-0.3, -0.25) is 5.41 Å². The maximum Gasteiger partial charge on any atom is 0.130 e. The number of hydrogen-bond acceptors (Lipinski definition) is 2. The molecular weight excluding hydrogens is 255 g/mol. The molecule has 0 spiro atoms. The van der Waals surface area contributed by atoms with E-state index in [0.717, 1.165) is 5.56 Å². The van der Waals surface area contributed by atoms with Crippen molar-refractivity contribution in [2.75, 3.05) is 0 Å². The van der Waals surface area contributed by atoms with Crippen molar-refractivity contribution >= 4 is 5.84 Å². The summed E-state index contributed by atoms with van der Waals surface area (Å²) in [7, 11) is 0. The van der Waals surface area contributed by atoms with Gasteiger partial charge in [0.05, 0.1) is 0 Å².